The number of fused-ring (bicyclic) bond motifs is 1. The second-order valence-electron chi connectivity index (χ2n) is 4.69. The molecule has 3 aromatic rings. The standard InChI is InChI=1S/C16H13F2N3/c17-13-9-19-10-14(18)16(13)21-7-5-11-3-4-15-12(8-11)2-1-6-20-15/h1-4,6,8-10H,5,7H2,(H,19,21). The van der Waals surface area contributed by atoms with Crippen LogP contribution in [0.4, 0.5) is 14.5 Å². The topological polar surface area (TPSA) is 37.8 Å². The Hall–Kier alpha value is -2.56. The molecule has 0 atom stereocenters. The summed E-state index contributed by atoms with van der Waals surface area (Å²) in [6.07, 6.45) is 4.39. The van der Waals surface area contributed by atoms with Gasteiger partial charge in [0.2, 0.25) is 0 Å². The van der Waals surface area contributed by atoms with Gasteiger partial charge in [0.05, 0.1) is 17.9 Å². The maximum absolute atomic E-state index is 13.4. The van der Waals surface area contributed by atoms with Crippen LogP contribution < -0.4 is 5.32 Å². The largest absolute Gasteiger partial charge is 0.380 e. The number of anilines is 1. The summed E-state index contributed by atoms with van der Waals surface area (Å²) in [6, 6.07) is 9.81. The lowest BCUT2D eigenvalue weighted by Crippen LogP contribution is -2.08. The van der Waals surface area contributed by atoms with Crippen molar-refractivity contribution in [3.05, 3.63) is 66.1 Å². The van der Waals surface area contributed by atoms with E-state index in [1.807, 2.05) is 30.3 Å². The molecular weight excluding hydrogens is 272 g/mol. The third-order valence-corrected chi connectivity index (χ3v) is 3.24. The maximum Gasteiger partial charge on any atom is 0.167 e. The van der Waals surface area contributed by atoms with Gasteiger partial charge in [0.15, 0.2) is 11.6 Å². The quantitative estimate of drug-likeness (QED) is 0.796. The van der Waals surface area contributed by atoms with E-state index in [0.717, 1.165) is 28.9 Å². The van der Waals surface area contributed by atoms with Crippen LogP contribution in [0.3, 0.4) is 0 Å². The molecule has 3 rings (SSSR count). The zero-order chi connectivity index (χ0) is 14.7. The van der Waals surface area contributed by atoms with E-state index in [1.54, 1.807) is 6.20 Å². The first-order valence-corrected chi connectivity index (χ1v) is 6.60. The molecule has 106 valence electrons. The van der Waals surface area contributed by atoms with Gasteiger partial charge in [-0.15, -0.1) is 0 Å². The number of benzene rings is 1. The molecule has 0 bridgehead atoms. The molecule has 0 amide bonds. The van der Waals surface area contributed by atoms with Crippen molar-refractivity contribution in [1.29, 1.82) is 0 Å². The summed E-state index contributed by atoms with van der Waals surface area (Å²) in [5.74, 6) is -1.37. The van der Waals surface area contributed by atoms with Gasteiger partial charge in [-0.1, -0.05) is 12.1 Å². The SMILES string of the molecule is Fc1cncc(F)c1NCCc1ccc2ncccc2c1. The molecule has 0 spiro atoms. The van der Waals surface area contributed by atoms with Gasteiger partial charge in [0.1, 0.15) is 5.69 Å². The minimum Gasteiger partial charge on any atom is -0.380 e. The Morgan fingerprint density at radius 1 is 1.05 bits per heavy atom. The van der Waals surface area contributed by atoms with Gasteiger partial charge in [0.25, 0.3) is 0 Å². The van der Waals surface area contributed by atoms with Gasteiger partial charge in [-0.05, 0) is 30.2 Å². The zero-order valence-electron chi connectivity index (χ0n) is 11.2. The number of rotatable bonds is 4. The molecule has 2 heterocycles. The highest BCUT2D eigenvalue weighted by Crippen LogP contribution is 2.17. The molecule has 1 aromatic carbocycles. The van der Waals surface area contributed by atoms with E-state index in [0.29, 0.717) is 13.0 Å². The molecule has 0 unspecified atom stereocenters. The van der Waals surface area contributed by atoms with E-state index in [4.69, 9.17) is 0 Å². The third-order valence-electron chi connectivity index (χ3n) is 3.24. The fourth-order valence-electron chi connectivity index (χ4n) is 2.19. The summed E-state index contributed by atoms with van der Waals surface area (Å²) in [5.41, 5.74) is 1.88. The number of nitrogens with one attached hydrogen (secondary N) is 1. The molecule has 2 aromatic heterocycles. The number of hydrogen-bond acceptors (Lipinski definition) is 3. The fraction of sp³-hybridized carbons (Fsp3) is 0.125. The first-order chi connectivity index (χ1) is 10.2. The fourth-order valence-corrected chi connectivity index (χ4v) is 2.19. The van der Waals surface area contributed by atoms with Crippen molar-refractivity contribution in [1.82, 2.24) is 9.97 Å². The van der Waals surface area contributed by atoms with Gasteiger partial charge in [-0.3, -0.25) is 9.97 Å². The van der Waals surface area contributed by atoms with Crippen LogP contribution in [0.15, 0.2) is 48.9 Å². The molecule has 1 N–H and O–H groups in total. The van der Waals surface area contributed by atoms with E-state index in [1.165, 1.54) is 0 Å². The number of aromatic nitrogens is 2. The van der Waals surface area contributed by atoms with Crippen LogP contribution in [0.25, 0.3) is 10.9 Å². The van der Waals surface area contributed by atoms with Crippen LogP contribution in [-0.4, -0.2) is 16.5 Å². The molecule has 0 saturated heterocycles. The summed E-state index contributed by atoms with van der Waals surface area (Å²) in [7, 11) is 0. The van der Waals surface area contributed by atoms with Crippen LogP contribution in [0.1, 0.15) is 5.56 Å². The molecular formula is C16H13F2N3. The number of hydrogen-bond donors (Lipinski definition) is 1. The lowest BCUT2D eigenvalue weighted by molar-refractivity contribution is 0.578. The van der Waals surface area contributed by atoms with Crippen molar-refractivity contribution in [2.45, 2.75) is 6.42 Å². The molecule has 0 aliphatic carbocycles. The van der Waals surface area contributed by atoms with Crippen LogP contribution in [0.2, 0.25) is 0 Å². The Bertz CT molecular complexity index is 754. The zero-order valence-corrected chi connectivity index (χ0v) is 11.2. The van der Waals surface area contributed by atoms with Crippen molar-refractivity contribution < 1.29 is 8.78 Å². The summed E-state index contributed by atoms with van der Waals surface area (Å²) in [5, 5.41) is 3.82. The maximum atomic E-state index is 13.4. The molecule has 5 heteroatoms. The van der Waals surface area contributed by atoms with Crippen molar-refractivity contribution in [2.75, 3.05) is 11.9 Å². The molecule has 0 saturated carbocycles. The van der Waals surface area contributed by atoms with Crippen molar-refractivity contribution in [3.63, 3.8) is 0 Å². The van der Waals surface area contributed by atoms with E-state index in [-0.39, 0.29) is 5.69 Å². The second kappa shape index (κ2) is 5.83. The first-order valence-electron chi connectivity index (χ1n) is 6.60. The Labute approximate surface area is 120 Å². The Kier molecular flexibility index (Phi) is 3.73. The second-order valence-corrected chi connectivity index (χ2v) is 4.69. The van der Waals surface area contributed by atoms with Crippen molar-refractivity contribution in [3.8, 4) is 0 Å². The summed E-state index contributed by atoms with van der Waals surface area (Å²) < 4.78 is 26.8. The van der Waals surface area contributed by atoms with Crippen molar-refractivity contribution in [2.24, 2.45) is 0 Å². The van der Waals surface area contributed by atoms with Gasteiger partial charge >= 0.3 is 0 Å². The minimum atomic E-state index is -0.683. The molecule has 0 fully saturated rings. The lowest BCUT2D eigenvalue weighted by atomic mass is 10.1. The van der Waals surface area contributed by atoms with E-state index < -0.39 is 11.6 Å². The highest BCUT2D eigenvalue weighted by Gasteiger charge is 2.08. The highest BCUT2D eigenvalue weighted by molar-refractivity contribution is 5.78. The average molecular weight is 285 g/mol. The number of pyridine rings is 2. The first kappa shape index (κ1) is 13.4. The third kappa shape index (κ3) is 2.97. The van der Waals surface area contributed by atoms with E-state index in [9.17, 15) is 8.78 Å². The summed E-state index contributed by atoms with van der Waals surface area (Å²) in [4.78, 5) is 7.70. The molecule has 0 aliphatic rings. The smallest absolute Gasteiger partial charge is 0.167 e. The Morgan fingerprint density at radius 2 is 1.86 bits per heavy atom. The lowest BCUT2D eigenvalue weighted by Gasteiger charge is -2.08. The van der Waals surface area contributed by atoms with E-state index in [2.05, 4.69) is 15.3 Å². The summed E-state index contributed by atoms with van der Waals surface area (Å²) >= 11 is 0. The molecule has 3 nitrogen and oxygen atoms in total. The highest BCUT2D eigenvalue weighted by atomic mass is 19.1. The van der Waals surface area contributed by atoms with Crippen LogP contribution in [-0.2, 0) is 6.42 Å². The number of halogens is 2. The Morgan fingerprint density at radius 3 is 2.67 bits per heavy atom. The predicted molar refractivity (Wildman–Crippen MR) is 78.1 cm³/mol. The normalized spacial score (nSPS) is 10.8. The van der Waals surface area contributed by atoms with Crippen LogP contribution in [0, 0.1) is 11.6 Å². The van der Waals surface area contributed by atoms with Gasteiger partial charge in [0, 0.05) is 18.1 Å². The van der Waals surface area contributed by atoms with E-state index >= 15 is 0 Å². The van der Waals surface area contributed by atoms with Crippen LogP contribution >= 0.6 is 0 Å². The van der Waals surface area contributed by atoms with Gasteiger partial charge in [-0.25, -0.2) is 8.78 Å². The monoisotopic (exact) mass is 285 g/mol. The Balaban J connectivity index is 1.69. The minimum absolute atomic E-state index is 0.132. The summed E-state index contributed by atoms with van der Waals surface area (Å²) in [6.45, 7) is 0.434. The van der Waals surface area contributed by atoms with Gasteiger partial charge in [-0.2, -0.15) is 0 Å². The molecule has 21 heavy (non-hydrogen) atoms. The average Bonchev–Trinajstić information content (AvgIpc) is 2.50. The molecule has 0 aliphatic heterocycles. The van der Waals surface area contributed by atoms with Crippen LogP contribution in [0.5, 0.6) is 0 Å². The van der Waals surface area contributed by atoms with Gasteiger partial charge < -0.3 is 5.32 Å². The number of nitrogens with zero attached hydrogens (tertiary/aromatic N) is 2. The molecule has 0 radical (unpaired) electrons. The predicted octanol–water partition coefficient (Wildman–Crippen LogP) is 3.56. The van der Waals surface area contributed by atoms with Crippen molar-refractivity contribution >= 4 is 16.6 Å².